The quantitative estimate of drug-likeness (QED) is 0.635. The Morgan fingerprint density at radius 2 is 1.82 bits per heavy atom. The highest BCUT2D eigenvalue weighted by molar-refractivity contribution is 5.78. The molecule has 3 N–H and O–H groups in total. The van der Waals surface area contributed by atoms with Crippen LogP contribution in [0.1, 0.15) is 54.4 Å². The molecule has 0 aliphatic rings. The van der Waals surface area contributed by atoms with Crippen LogP contribution in [-0.4, -0.2) is 34.7 Å². The lowest BCUT2D eigenvalue weighted by Crippen LogP contribution is -2.58. The number of hydrogen-bond acceptors (Lipinski definition) is 3. The smallest absolute Gasteiger partial charge is 0.234 e. The SMILES string of the molecule is CCCC(C)NC(=O)CNC(C)(C)C(C)(C)O. The molecular formula is C13H28N2O2. The fourth-order valence-electron chi connectivity index (χ4n) is 1.35. The van der Waals surface area contributed by atoms with E-state index in [1.807, 2.05) is 20.8 Å². The largest absolute Gasteiger partial charge is 0.389 e. The Morgan fingerprint density at radius 1 is 1.29 bits per heavy atom. The van der Waals surface area contributed by atoms with Gasteiger partial charge in [0, 0.05) is 11.6 Å². The zero-order valence-electron chi connectivity index (χ0n) is 12.1. The van der Waals surface area contributed by atoms with Crippen LogP contribution in [0.5, 0.6) is 0 Å². The summed E-state index contributed by atoms with van der Waals surface area (Å²) in [4.78, 5) is 11.6. The van der Waals surface area contributed by atoms with Crippen molar-refractivity contribution in [3.05, 3.63) is 0 Å². The van der Waals surface area contributed by atoms with E-state index in [-0.39, 0.29) is 18.5 Å². The van der Waals surface area contributed by atoms with Crippen molar-refractivity contribution in [3.8, 4) is 0 Å². The lowest BCUT2D eigenvalue weighted by atomic mass is 9.86. The van der Waals surface area contributed by atoms with Crippen molar-refractivity contribution in [2.75, 3.05) is 6.54 Å². The fourth-order valence-corrected chi connectivity index (χ4v) is 1.35. The summed E-state index contributed by atoms with van der Waals surface area (Å²) in [6, 6.07) is 0.208. The van der Waals surface area contributed by atoms with Crippen LogP contribution >= 0.6 is 0 Å². The predicted octanol–water partition coefficient (Wildman–Crippen LogP) is 1.43. The first-order chi connectivity index (χ1) is 7.60. The first-order valence-electron chi connectivity index (χ1n) is 6.37. The highest BCUT2D eigenvalue weighted by atomic mass is 16.3. The van der Waals surface area contributed by atoms with E-state index in [2.05, 4.69) is 17.6 Å². The number of rotatable bonds is 7. The number of aliphatic hydroxyl groups is 1. The number of carbonyl (C=O) groups excluding carboxylic acids is 1. The Hall–Kier alpha value is -0.610. The van der Waals surface area contributed by atoms with Gasteiger partial charge in [-0.1, -0.05) is 13.3 Å². The molecular weight excluding hydrogens is 216 g/mol. The second kappa shape index (κ2) is 6.36. The summed E-state index contributed by atoms with van der Waals surface area (Å²) < 4.78 is 0. The van der Waals surface area contributed by atoms with Gasteiger partial charge >= 0.3 is 0 Å². The summed E-state index contributed by atoms with van der Waals surface area (Å²) in [6.45, 7) is 11.6. The van der Waals surface area contributed by atoms with Crippen molar-refractivity contribution >= 4 is 5.91 Å². The molecule has 0 aromatic heterocycles. The Kier molecular flexibility index (Phi) is 6.13. The molecule has 1 amide bonds. The van der Waals surface area contributed by atoms with E-state index < -0.39 is 11.1 Å². The van der Waals surface area contributed by atoms with E-state index in [1.54, 1.807) is 13.8 Å². The molecule has 0 saturated heterocycles. The van der Waals surface area contributed by atoms with Gasteiger partial charge in [-0.15, -0.1) is 0 Å². The second-order valence-electron chi connectivity index (χ2n) is 5.79. The van der Waals surface area contributed by atoms with Crippen molar-refractivity contribution in [3.63, 3.8) is 0 Å². The summed E-state index contributed by atoms with van der Waals surface area (Å²) in [5.41, 5.74) is -1.37. The monoisotopic (exact) mass is 244 g/mol. The molecule has 0 rings (SSSR count). The van der Waals surface area contributed by atoms with Crippen molar-refractivity contribution in [2.45, 2.75) is 71.6 Å². The van der Waals surface area contributed by atoms with Crippen LogP contribution in [0.15, 0.2) is 0 Å². The van der Waals surface area contributed by atoms with Gasteiger partial charge in [-0.05, 0) is 41.0 Å². The summed E-state index contributed by atoms with van der Waals surface area (Å²) in [5.74, 6) is -0.0247. The summed E-state index contributed by atoms with van der Waals surface area (Å²) >= 11 is 0. The van der Waals surface area contributed by atoms with E-state index in [0.717, 1.165) is 12.8 Å². The third-order valence-corrected chi connectivity index (χ3v) is 3.35. The van der Waals surface area contributed by atoms with Crippen LogP contribution in [0.4, 0.5) is 0 Å². The molecule has 0 bridgehead atoms. The number of carbonyl (C=O) groups is 1. The van der Waals surface area contributed by atoms with Crippen LogP contribution in [0.2, 0.25) is 0 Å². The molecule has 4 nitrogen and oxygen atoms in total. The average molecular weight is 244 g/mol. The van der Waals surface area contributed by atoms with E-state index >= 15 is 0 Å². The van der Waals surface area contributed by atoms with Gasteiger partial charge in [0.1, 0.15) is 0 Å². The van der Waals surface area contributed by atoms with Gasteiger partial charge in [-0.2, -0.15) is 0 Å². The second-order valence-corrected chi connectivity index (χ2v) is 5.79. The minimum absolute atomic E-state index is 0.0247. The summed E-state index contributed by atoms with van der Waals surface area (Å²) in [5, 5.41) is 15.9. The normalized spacial score (nSPS) is 14.5. The first kappa shape index (κ1) is 16.4. The first-order valence-corrected chi connectivity index (χ1v) is 6.37. The highest BCUT2D eigenvalue weighted by Gasteiger charge is 2.34. The van der Waals surface area contributed by atoms with Gasteiger partial charge in [-0.3, -0.25) is 4.79 Å². The van der Waals surface area contributed by atoms with Crippen LogP contribution in [0, 0.1) is 0 Å². The van der Waals surface area contributed by atoms with Crippen molar-refractivity contribution < 1.29 is 9.90 Å². The molecule has 0 fully saturated rings. The molecule has 0 saturated carbocycles. The average Bonchev–Trinajstić information content (AvgIpc) is 2.13. The van der Waals surface area contributed by atoms with Gasteiger partial charge in [0.05, 0.1) is 12.1 Å². The maximum Gasteiger partial charge on any atom is 0.234 e. The third kappa shape index (κ3) is 6.03. The lowest BCUT2D eigenvalue weighted by molar-refractivity contribution is -0.121. The molecule has 0 aliphatic heterocycles. The number of hydrogen-bond donors (Lipinski definition) is 3. The van der Waals surface area contributed by atoms with Crippen LogP contribution in [0.25, 0.3) is 0 Å². The van der Waals surface area contributed by atoms with E-state index in [4.69, 9.17) is 0 Å². The van der Waals surface area contributed by atoms with Gasteiger partial charge in [0.2, 0.25) is 5.91 Å². The predicted molar refractivity (Wildman–Crippen MR) is 70.9 cm³/mol. The van der Waals surface area contributed by atoms with E-state index in [0.29, 0.717) is 0 Å². The Balaban J connectivity index is 4.08. The Labute approximate surface area is 105 Å². The Morgan fingerprint density at radius 3 is 2.24 bits per heavy atom. The summed E-state index contributed by atoms with van der Waals surface area (Å²) in [7, 11) is 0. The third-order valence-electron chi connectivity index (χ3n) is 3.35. The zero-order chi connectivity index (χ0) is 13.7. The minimum atomic E-state index is -0.873. The molecule has 0 aromatic rings. The molecule has 17 heavy (non-hydrogen) atoms. The molecule has 1 unspecified atom stereocenters. The van der Waals surface area contributed by atoms with Gasteiger partial charge in [0.25, 0.3) is 0 Å². The standard InChI is InChI=1S/C13H28N2O2/c1-7-8-10(2)15-11(16)9-14-12(3,4)13(5,6)17/h10,14,17H,7-9H2,1-6H3,(H,15,16). The van der Waals surface area contributed by atoms with Crippen molar-refractivity contribution in [2.24, 2.45) is 0 Å². The molecule has 0 spiro atoms. The number of amides is 1. The van der Waals surface area contributed by atoms with E-state index in [9.17, 15) is 9.90 Å². The molecule has 1 atom stereocenters. The fraction of sp³-hybridized carbons (Fsp3) is 0.923. The minimum Gasteiger partial charge on any atom is -0.389 e. The van der Waals surface area contributed by atoms with Crippen LogP contribution < -0.4 is 10.6 Å². The van der Waals surface area contributed by atoms with Gasteiger partial charge in [0.15, 0.2) is 0 Å². The Bertz CT molecular complexity index is 244. The van der Waals surface area contributed by atoms with Crippen molar-refractivity contribution in [1.29, 1.82) is 0 Å². The van der Waals surface area contributed by atoms with Crippen LogP contribution in [0.3, 0.4) is 0 Å². The lowest BCUT2D eigenvalue weighted by Gasteiger charge is -2.38. The van der Waals surface area contributed by atoms with Gasteiger partial charge in [-0.25, -0.2) is 0 Å². The molecule has 4 heteroatoms. The molecule has 102 valence electrons. The molecule has 0 radical (unpaired) electrons. The van der Waals surface area contributed by atoms with Crippen LogP contribution in [-0.2, 0) is 4.79 Å². The van der Waals surface area contributed by atoms with Crippen molar-refractivity contribution in [1.82, 2.24) is 10.6 Å². The molecule has 0 aromatic carbocycles. The summed E-state index contributed by atoms with van der Waals surface area (Å²) in [6.07, 6.45) is 2.05. The molecule has 0 heterocycles. The van der Waals surface area contributed by atoms with E-state index in [1.165, 1.54) is 0 Å². The topological polar surface area (TPSA) is 61.4 Å². The maximum absolute atomic E-state index is 11.6. The van der Waals surface area contributed by atoms with Gasteiger partial charge < -0.3 is 15.7 Å². The number of nitrogens with one attached hydrogen (secondary N) is 2. The molecule has 0 aliphatic carbocycles. The highest BCUT2D eigenvalue weighted by Crippen LogP contribution is 2.19. The zero-order valence-corrected chi connectivity index (χ0v) is 12.1. The maximum atomic E-state index is 11.6.